The summed E-state index contributed by atoms with van der Waals surface area (Å²) in [5.41, 5.74) is 0.864. The van der Waals surface area contributed by atoms with Gasteiger partial charge < -0.3 is 15.1 Å². The first-order valence-electron chi connectivity index (χ1n) is 7.49. The summed E-state index contributed by atoms with van der Waals surface area (Å²) in [7, 11) is 5.70. The first kappa shape index (κ1) is 20.4. The third-order valence-corrected chi connectivity index (χ3v) is 3.53. The van der Waals surface area contributed by atoms with Gasteiger partial charge in [0.1, 0.15) is 11.6 Å². The van der Waals surface area contributed by atoms with Crippen LogP contribution in [0.25, 0.3) is 0 Å². The molecule has 0 fully saturated rings. The molecule has 0 spiro atoms. The number of rotatable bonds is 6. The van der Waals surface area contributed by atoms with Gasteiger partial charge in [-0.25, -0.2) is 4.39 Å². The predicted octanol–water partition coefficient (Wildman–Crippen LogP) is 3.00. The van der Waals surface area contributed by atoms with Crippen molar-refractivity contribution in [1.29, 1.82) is 0 Å². The lowest BCUT2D eigenvalue weighted by Gasteiger charge is -2.23. The zero-order chi connectivity index (χ0) is 16.7. The highest BCUT2D eigenvalue weighted by molar-refractivity contribution is 14.0. The van der Waals surface area contributed by atoms with Gasteiger partial charge in [-0.05, 0) is 43.9 Å². The average Bonchev–Trinajstić information content (AvgIpc) is 3.04. The van der Waals surface area contributed by atoms with Gasteiger partial charge in [0.05, 0.1) is 12.3 Å². The molecule has 0 bridgehead atoms. The molecule has 7 heteroatoms. The van der Waals surface area contributed by atoms with E-state index >= 15 is 0 Å². The number of furan rings is 1. The lowest BCUT2D eigenvalue weighted by Crippen LogP contribution is -2.41. The van der Waals surface area contributed by atoms with E-state index in [4.69, 9.17) is 4.42 Å². The van der Waals surface area contributed by atoms with E-state index < -0.39 is 0 Å². The van der Waals surface area contributed by atoms with E-state index in [9.17, 15) is 4.39 Å². The van der Waals surface area contributed by atoms with Crippen LogP contribution >= 0.6 is 24.0 Å². The van der Waals surface area contributed by atoms with E-state index in [1.165, 1.54) is 12.1 Å². The fourth-order valence-corrected chi connectivity index (χ4v) is 2.27. The van der Waals surface area contributed by atoms with Crippen molar-refractivity contribution in [3.63, 3.8) is 0 Å². The highest BCUT2D eigenvalue weighted by atomic mass is 127. The number of hydrogen-bond donors (Lipinski definition) is 2. The number of halogens is 2. The molecular formula is C17H24FIN4O. The van der Waals surface area contributed by atoms with Crippen LogP contribution in [0.3, 0.4) is 0 Å². The molecule has 1 aromatic heterocycles. The van der Waals surface area contributed by atoms with Gasteiger partial charge in [0.25, 0.3) is 0 Å². The molecule has 0 saturated heterocycles. The Bertz CT molecular complexity index is 631. The van der Waals surface area contributed by atoms with Crippen LogP contribution in [0.1, 0.15) is 17.4 Å². The summed E-state index contributed by atoms with van der Waals surface area (Å²) in [6, 6.07) is 10.4. The molecule has 1 unspecified atom stereocenters. The molecule has 0 aliphatic rings. The van der Waals surface area contributed by atoms with Crippen molar-refractivity contribution < 1.29 is 8.81 Å². The molecule has 1 aromatic carbocycles. The van der Waals surface area contributed by atoms with Crippen LogP contribution in [0.5, 0.6) is 0 Å². The maximum Gasteiger partial charge on any atom is 0.191 e. The Labute approximate surface area is 159 Å². The molecule has 0 aliphatic carbocycles. The molecule has 1 atom stereocenters. The number of nitrogens with zero attached hydrogens (tertiary/aromatic N) is 2. The molecule has 2 N–H and O–H groups in total. The molecular weight excluding hydrogens is 422 g/mol. The van der Waals surface area contributed by atoms with Crippen LogP contribution in [-0.2, 0) is 6.54 Å². The van der Waals surface area contributed by atoms with Crippen LogP contribution in [0, 0.1) is 5.82 Å². The highest BCUT2D eigenvalue weighted by Gasteiger charge is 2.17. The Morgan fingerprint density at radius 2 is 2.04 bits per heavy atom. The summed E-state index contributed by atoms with van der Waals surface area (Å²) in [5.74, 6) is 1.31. The average molecular weight is 446 g/mol. The smallest absolute Gasteiger partial charge is 0.191 e. The number of hydrogen-bond acceptors (Lipinski definition) is 3. The molecule has 2 aromatic rings. The zero-order valence-corrected chi connectivity index (χ0v) is 16.5. The van der Waals surface area contributed by atoms with E-state index in [0.29, 0.717) is 19.0 Å². The van der Waals surface area contributed by atoms with Crippen molar-refractivity contribution in [3.05, 3.63) is 59.8 Å². The van der Waals surface area contributed by atoms with E-state index in [1.807, 2.05) is 32.3 Å². The molecule has 0 amide bonds. The van der Waals surface area contributed by atoms with Crippen molar-refractivity contribution >= 4 is 29.9 Å². The molecule has 0 radical (unpaired) electrons. The Hall–Kier alpha value is -1.61. The second kappa shape index (κ2) is 10.3. The maximum absolute atomic E-state index is 13.2. The summed E-state index contributed by atoms with van der Waals surface area (Å²) in [4.78, 5) is 6.26. The number of nitrogens with one attached hydrogen (secondary N) is 2. The standard InChI is InChI=1S/C17H23FN4O.HI/c1-19-17(20-11-13-6-4-7-14(18)10-13)21-12-15(22(2)3)16-8-5-9-23-16;/h4-10,15H,11-12H2,1-3H3,(H2,19,20,21);1H. The molecule has 24 heavy (non-hydrogen) atoms. The largest absolute Gasteiger partial charge is 0.468 e. The van der Waals surface area contributed by atoms with E-state index in [2.05, 4.69) is 20.5 Å². The van der Waals surface area contributed by atoms with Crippen LogP contribution in [0.2, 0.25) is 0 Å². The van der Waals surface area contributed by atoms with Crippen LogP contribution in [0.4, 0.5) is 4.39 Å². The minimum Gasteiger partial charge on any atom is -0.468 e. The van der Waals surface area contributed by atoms with Crippen molar-refractivity contribution in [2.24, 2.45) is 4.99 Å². The molecule has 132 valence electrons. The second-order valence-electron chi connectivity index (χ2n) is 5.43. The van der Waals surface area contributed by atoms with E-state index in [0.717, 1.165) is 11.3 Å². The van der Waals surface area contributed by atoms with Crippen LogP contribution in [-0.4, -0.2) is 38.5 Å². The summed E-state index contributed by atoms with van der Waals surface area (Å²) in [6.45, 7) is 1.15. The number of benzene rings is 1. The van der Waals surface area contributed by atoms with Crippen molar-refractivity contribution in [1.82, 2.24) is 15.5 Å². The van der Waals surface area contributed by atoms with Gasteiger partial charge >= 0.3 is 0 Å². The second-order valence-corrected chi connectivity index (χ2v) is 5.43. The van der Waals surface area contributed by atoms with Gasteiger partial charge in [0.15, 0.2) is 5.96 Å². The minimum absolute atomic E-state index is 0. The molecule has 0 aliphatic heterocycles. The minimum atomic E-state index is -0.238. The summed E-state index contributed by atoms with van der Waals surface area (Å²) in [5, 5.41) is 6.44. The Morgan fingerprint density at radius 3 is 2.62 bits per heavy atom. The molecule has 0 saturated carbocycles. The molecule has 1 heterocycles. The highest BCUT2D eigenvalue weighted by Crippen LogP contribution is 2.17. The SMILES string of the molecule is CN=C(NCc1cccc(F)c1)NCC(c1ccco1)N(C)C.I. The first-order chi connectivity index (χ1) is 11.1. The third-order valence-electron chi connectivity index (χ3n) is 3.53. The number of aliphatic imine (C=N–C) groups is 1. The normalized spacial score (nSPS) is 12.6. The van der Waals surface area contributed by atoms with Crippen molar-refractivity contribution in [2.45, 2.75) is 12.6 Å². The topological polar surface area (TPSA) is 52.8 Å². The lowest BCUT2D eigenvalue weighted by molar-refractivity contribution is 0.258. The van der Waals surface area contributed by atoms with E-state index in [-0.39, 0.29) is 35.8 Å². The molecule has 5 nitrogen and oxygen atoms in total. The van der Waals surface area contributed by atoms with Crippen molar-refractivity contribution in [3.8, 4) is 0 Å². The predicted molar refractivity (Wildman–Crippen MR) is 105 cm³/mol. The summed E-state index contributed by atoms with van der Waals surface area (Å²) < 4.78 is 18.7. The van der Waals surface area contributed by atoms with Crippen molar-refractivity contribution in [2.75, 3.05) is 27.7 Å². The van der Waals surface area contributed by atoms with Gasteiger partial charge in [0, 0.05) is 20.1 Å². The van der Waals surface area contributed by atoms with Gasteiger partial charge in [-0.3, -0.25) is 9.89 Å². The molecule has 2 rings (SSSR count). The fraction of sp³-hybridized carbons (Fsp3) is 0.353. The van der Waals surface area contributed by atoms with Gasteiger partial charge in [0.2, 0.25) is 0 Å². The van der Waals surface area contributed by atoms with Crippen LogP contribution < -0.4 is 10.6 Å². The number of likely N-dealkylation sites (N-methyl/N-ethyl adjacent to an activating group) is 1. The lowest BCUT2D eigenvalue weighted by atomic mass is 10.2. The summed E-state index contributed by atoms with van der Waals surface area (Å²) in [6.07, 6.45) is 1.67. The quantitative estimate of drug-likeness (QED) is 0.407. The zero-order valence-electron chi connectivity index (χ0n) is 14.1. The van der Waals surface area contributed by atoms with Gasteiger partial charge in [-0.15, -0.1) is 24.0 Å². The van der Waals surface area contributed by atoms with E-state index in [1.54, 1.807) is 19.4 Å². The Morgan fingerprint density at radius 1 is 1.25 bits per heavy atom. The number of guanidine groups is 1. The maximum atomic E-state index is 13.2. The Kier molecular flexibility index (Phi) is 8.77. The monoisotopic (exact) mass is 446 g/mol. The Balaban J connectivity index is 0.00000288. The fourth-order valence-electron chi connectivity index (χ4n) is 2.27. The van der Waals surface area contributed by atoms with Crippen LogP contribution in [0.15, 0.2) is 52.1 Å². The first-order valence-corrected chi connectivity index (χ1v) is 7.49. The van der Waals surface area contributed by atoms with Gasteiger partial charge in [-0.2, -0.15) is 0 Å². The summed E-state index contributed by atoms with van der Waals surface area (Å²) >= 11 is 0. The third kappa shape index (κ3) is 6.12. The van der Waals surface area contributed by atoms with Gasteiger partial charge in [-0.1, -0.05) is 12.1 Å².